The third kappa shape index (κ3) is 3.09. The van der Waals surface area contributed by atoms with Crippen LogP contribution in [0.2, 0.25) is 0 Å². The van der Waals surface area contributed by atoms with Gasteiger partial charge in [-0.05, 0) is 53.6 Å². The molecule has 0 saturated heterocycles. The van der Waals surface area contributed by atoms with Crippen molar-refractivity contribution in [2.45, 2.75) is 5.54 Å². The number of amidine groups is 1. The molecule has 2 aliphatic rings. The van der Waals surface area contributed by atoms with Gasteiger partial charge in [0.05, 0.1) is 0 Å². The van der Waals surface area contributed by atoms with Gasteiger partial charge in [-0.1, -0.05) is 23.9 Å². The quantitative estimate of drug-likeness (QED) is 0.402. The predicted octanol–water partition coefficient (Wildman–Crippen LogP) is 5.50. The monoisotopic (exact) mass is 458 g/mol. The number of nitrogens with two attached hydrogens (primary N) is 1. The van der Waals surface area contributed by atoms with Crippen molar-refractivity contribution in [2.24, 2.45) is 10.7 Å². The first-order valence-corrected chi connectivity index (χ1v) is 11.2. The molecule has 5 nitrogen and oxygen atoms in total. The maximum absolute atomic E-state index is 15.4. The number of ether oxygens (including phenoxy) is 1. The highest BCUT2D eigenvalue weighted by Crippen LogP contribution is 2.55. The van der Waals surface area contributed by atoms with E-state index in [0.29, 0.717) is 44.5 Å². The van der Waals surface area contributed by atoms with Gasteiger partial charge in [0.15, 0.2) is 16.7 Å². The highest BCUT2D eigenvalue weighted by atomic mass is 32.2. The van der Waals surface area contributed by atoms with Crippen molar-refractivity contribution in [2.75, 3.05) is 5.75 Å². The van der Waals surface area contributed by atoms with Crippen molar-refractivity contribution in [3.8, 4) is 33.8 Å². The lowest BCUT2D eigenvalue weighted by Gasteiger charge is -2.35. The molecule has 1 spiro atoms. The molecule has 0 aliphatic carbocycles. The summed E-state index contributed by atoms with van der Waals surface area (Å²) >= 11 is 1.39. The Hall–Kier alpha value is -3.78. The van der Waals surface area contributed by atoms with Gasteiger partial charge in [-0.15, -0.1) is 0 Å². The molecule has 1 atom stereocenters. The first-order chi connectivity index (χ1) is 16.0. The molecular weight excluding hydrogens is 442 g/mol. The normalized spacial score (nSPS) is 18.4. The number of hydrogen-bond acceptors (Lipinski definition) is 6. The van der Waals surface area contributed by atoms with Crippen molar-refractivity contribution < 1.29 is 13.5 Å². The molecule has 4 heterocycles. The predicted molar refractivity (Wildman–Crippen MR) is 124 cm³/mol. The van der Waals surface area contributed by atoms with Gasteiger partial charge < -0.3 is 10.5 Å². The number of thioether (sulfide) groups is 1. The fourth-order valence-electron chi connectivity index (χ4n) is 4.38. The third-order valence-corrected chi connectivity index (χ3v) is 6.87. The number of aliphatic imine (C=N–C) groups is 1. The standard InChI is InChI=1S/C25H16F2N4OS/c26-20-11-16(15-3-1-7-29-12-15)10-19-22(20)32-21-6-5-14(17-4-2-8-30-23(17)27)9-18(21)25(19)13-33-24(28)31-25/h1-12H,13H2,(H2,28,31). The first-order valence-electron chi connectivity index (χ1n) is 10.2. The van der Waals surface area contributed by atoms with Gasteiger partial charge >= 0.3 is 0 Å². The van der Waals surface area contributed by atoms with Gasteiger partial charge in [0, 0.05) is 46.6 Å². The molecule has 33 heavy (non-hydrogen) atoms. The summed E-state index contributed by atoms with van der Waals surface area (Å²) in [4.78, 5) is 12.7. The summed E-state index contributed by atoms with van der Waals surface area (Å²) in [5.74, 6) is -0.0178. The van der Waals surface area contributed by atoms with Crippen LogP contribution in [0.25, 0.3) is 22.3 Å². The van der Waals surface area contributed by atoms with Crippen LogP contribution in [0.1, 0.15) is 11.1 Å². The molecule has 162 valence electrons. The largest absolute Gasteiger partial charge is 0.453 e. The zero-order valence-corrected chi connectivity index (χ0v) is 17.9. The van der Waals surface area contributed by atoms with Crippen molar-refractivity contribution in [1.29, 1.82) is 0 Å². The summed E-state index contributed by atoms with van der Waals surface area (Å²) in [5.41, 5.74) is 8.84. The maximum atomic E-state index is 15.4. The van der Waals surface area contributed by atoms with E-state index in [4.69, 9.17) is 15.5 Å². The first kappa shape index (κ1) is 19.9. The van der Waals surface area contributed by atoms with E-state index in [9.17, 15) is 4.39 Å². The summed E-state index contributed by atoms with van der Waals surface area (Å²) in [6.45, 7) is 0. The minimum atomic E-state index is -0.967. The fourth-order valence-corrected chi connectivity index (χ4v) is 5.33. The molecule has 6 rings (SSSR count). The second kappa shape index (κ2) is 7.38. The topological polar surface area (TPSA) is 73.4 Å². The van der Waals surface area contributed by atoms with Gasteiger partial charge in [0.2, 0.25) is 5.95 Å². The van der Waals surface area contributed by atoms with Gasteiger partial charge in [0.25, 0.3) is 0 Å². The number of benzene rings is 2. The van der Waals surface area contributed by atoms with Crippen molar-refractivity contribution >= 4 is 16.9 Å². The fraction of sp³-hybridized carbons (Fsp3) is 0.0800. The molecule has 2 aliphatic heterocycles. The highest BCUT2D eigenvalue weighted by molar-refractivity contribution is 8.14. The maximum Gasteiger partial charge on any atom is 0.220 e. The molecule has 0 bridgehead atoms. The Morgan fingerprint density at radius 2 is 1.79 bits per heavy atom. The van der Waals surface area contributed by atoms with E-state index in [0.717, 1.165) is 5.56 Å². The summed E-state index contributed by atoms with van der Waals surface area (Å²) < 4.78 is 35.8. The molecule has 1 unspecified atom stereocenters. The van der Waals surface area contributed by atoms with E-state index in [1.54, 1.807) is 42.7 Å². The zero-order chi connectivity index (χ0) is 22.6. The van der Waals surface area contributed by atoms with Crippen molar-refractivity contribution in [1.82, 2.24) is 9.97 Å². The van der Waals surface area contributed by atoms with Crippen molar-refractivity contribution in [3.63, 3.8) is 0 Å². The van der Waals surface area contributed by atoms with E-state index >= 15 is 4.39 Å². The molecule has 0 fully saturated rings. The number of nitrogens with zero attached hydrogens (tertiary/aromatic N) is 3. The number of fused-ring (bicyclic) bond motifs is 4. The van der Waals surface area contributed by atoms with Crippen LogP contribution in [0.5, 0.6) is 11.5 Å². The van der Waals surface area contributed by atoms with Crippen LogP contribution in [0.15, 0.2) is 78.2 Å². The Morgan fingerprint density at radius 1 is 0.939 bits per heavy atom. The van der Waals surface area contributed by atoms with E-state index in [-0.39, 0.29) is 5.75 Å². The summed E-state index contributed by atoms with van der Waals surface area (Å²) in [7, 11) is 0. The average molecular weight is 458 g/mol. The number of pyridine rings is 2. The molecule has 4 aromatic rings. The molecule has 0 amide bonds. The lowest BCUT2D eigenvalue weighted by molar-refractivity contribution is 0.389. The number of halogens is 2. The summed E-state index contributed by atoms with van der Waals surface area (Å²) in [6.07, 6.45) is 4.74. The lowest BCUT2D eigenvalue weighted by atomic mass is 9.80. The molecule has 8 heteroatoms. The van der Waals surface area contributed by atoms with E-state index in [1.807, 2.05) is 18.2 Å². The average Bonchev–Trinajstić information content (AvgIpc) is 3.23. The van der Waals surface area contributed by atoms with Crippen LogP contribution >= 0.6 is 11.8 Å². The Labute approximate surface area is 192 Å². The van der Waals surface area contributed by atoms with Crippen LogP contribution in [0.4, 0.5) is 8.78 Å². The number of hydrogen-bond donors (Lipinski definition) is 1. The summed E-state index contributed by atoms with van der Waals surface area (Å²) in [6, 6.07) is 15.6. The van der Waals surface area contributed by atoms with Gasteiger partial charge in [-0.2, -0.15) is 4.39 Å². The molecule has 0 saturated carbocycles. The minimum Gasteiger partial charge on any atom is -0.453 e. The molecule has 2 aromatic carbocycles. The summed E-state index contributed by atoms with van der Waals surface area (Å²) in [5, 5.41) is 0.402. The number of rotatable bonds is 2. The van der Waals surface area contributed by atoms with Gasteiger partial charge in [0.1, 0.15) is 11.3 Å². The Balaban J connectivity index is 1.59. The second-order valence-corrected chi connectivity index (χ2v) is 8.83. The van der Waals surface area contributed by atoms with Crippen LogP contribution < -0.4 is 10.5 Å². The Kier molecular flexibility index (Phi) is 4.45. The minimum absolute atomic E-state index is 0.120. The van der Waals surface area contributed by atoms with Gasteiger partial charge in [-0.3, -0.25) is 4.98 Å². The Morgan fingerprint density at radius 3 is 2.55 bits per heavy atom. The van der Waals surface area contributed by atoms with Crippen LogP contribution in [0.3, 0.4) is 0 Å². The molecular formula is C25H16F2N4OS. The zero-order valence-electron chi connectivity index (χ0n) is 17.1. The Bertz CT molecular complexity index is 1440. The SMILES string of the molecule is NC1=NC2(CS1)c1cc(-c3cccnc3F)ccc1Oc1c(F)cc(-c3cccnc3)cc12. The van der Waals surface area contributed by atoms with Crippen LogP contribution in [-0.4, -0.2) is 20.9 Å². The second-order valence-electron chi connectivity index (χ2n) is 7.83. The number of aromatic nitrogens is 2. The van der Waals surface area contributed by atoms with E-state index < -0.39 is 17.3 Å². The van der Waals surface area contributed by atoms with Crippen LogP contribution in [0, 0.1) is 11.8 Å². The van der Waals surface area contributed by atoms with E-state index in [2.05, 4.69) is 9.97 Å². The smallest absolute Gasteiger partial charge is 0.220 e. The van der Waals surface area contributed by atoms with Crippen molar-refractivity contribution in [3.05, 3.63) is 96.1 Å². The molecule has 2 N–H and O–H groups in total. The van der Waals surface area contributed by atoms with Gasteiger partial charge in [-0.25, -0.2) is 14.4 Å². The molecule has 2 aromatic heterocycles. The van der Waals surface area contributed by atoms with Crippen LogP contribution in [-0.2, 0) is 5.54 Å². The highest BCUT2D eigenvalue weighted by Gasteiger charge is 2.47. The van der Waals surface area contributed by atoms with E-state index in [1.165, 1.54) is 24.0 Å². The molecule has 0 radical (unpaired) electrons. The third-order valence-electron chi connectivity index (χ3n) is 5.92. The lowest BCUT2D eigenvalue weighted by Crippen LogP contribution is -2.30.